The number of methoxy groups -OCH3 is 3. The van der Waals surface area contributed by atoms with Crippen LogP contribution in [0, 0.1) is 0 Å². The summed E-state index contributed by atoms with van der Waals surface area (Å²) in [6.07, 6.45) is 0. The summed E-state index contributed by atoms with van der Waals surface area (Å²) < 4.78 is 56.9. The molecule has 41 heavy (non-hydrogen) atoms. The molecule has 0 aliphatic rings. The van der Waals surface area contributed by atoms with Crippen molar-refractivity contribution in [3.05, 3.63) is 89.5 Å². The third kappa shape index (κ3) is 9.91. The molecule has 0 spiro atoms. The van der Waals surface area contributed by atoms with Crippen LogP contribution in [0.25, 0.3) is 0 Å². The van der Waals surface area contributed by atoms with E-state index in [9.17, 15) is 0 Å². The molecule has 0 aromatic heterocycles. The molecule has 3 rings (SSSR count). The Morgan fingerprint density at radius 2 is 1.17 bits per heavy atom. The van der Waals surface area contributed by atoms with Crippen LogP contribution in [0.4, 0.5) is 0 Å². The van der Waals surface area contributed by atoms with Gasteiger partial charge in [0.25, 0.3) is 8.53 Å². The third-order valence-electron chi connectivity index (χ3n) is 5.61. The first-order valence-electron chi connectivity index (χ1n) is 12.4. The van der Waals surface area contributed by atoms with Gasteiger partial charge in [0, 0.05) is 23.8 Å². The summed E-state index contributed by atoms with van der Waals surface area (Å²) in [6, 6.07) is 22.7. The summed E-state index contributed by atoms with van der Waals surface area (Å²) >= 11 is 0. The van der Waals surface area contributed by atoms with Gasteiger partial charge in [-0.15, -0.1) is 9.05 Å². The van der Waals surface area contributed by atoms with Crippen molar-refractivity contribution in [2.45, 2.75) is 19.8 Å². The van der Waals surface area contributed by atoms with Gasteiger partial charge < -0.3 is 23.3 Å². The van der Waals surface area contributed by atoms with Gasteiger partial charge in [0.15, 0.2) is 0 Å². The predicted octanol–water partition coefficient (Wildman–Crippen LogP) is 7.59. The van der Waals surface area contributed by atoms with Crippen LogP contribution in [0.15, 0.2) is 77.3 Å². The predicted molar refractivity (Wildman–Crippen MR) is 161 cm³/mol. The quantitative estimate of drug-likeness (QED) is 0.142. The zero-order valence-corrected chi connectivity index (χ0v) is 26.7. The molecule has 0 aliphatic carbocycles. The van der Waals surface area contributed by atoms with Gasteiger partial charge in [0.05, 0.1) is 42.2 Å². The molecular formula is C27H37N2O9P3+2. The zero-order valence-electron chi connectivity index (χ0n) is 24.0. The number of nitrogens with one attached hydrogen (secondary N) is 1. The minimum absolute atomic E-state index is 0.126. The van der Waals surface area contributed by atoms with Gasteiger partial charge in [-0.05, 0) is 23.1 Å². The van der Waals surface area contributed by atoms with E-state index in [4.69, 9.17) is 45.9 Å². The fraction of sp³-hybridized carbons (Fsp3) is 0.333. The summed E-state index contributed by atoms with van der Waals surface area (Å²) in [5.41, 5.74) is 2.51. The van der Waals surface area contributed by atoms with Crippen LogP contribution in [-0.2, 0) is 47.0 Å². The minimum atomic E-state index is -3.28. The molecule has 1 N–H and O–H groups in total. The normalized spacial score (nSPS) is 13.9. The van der Waals surface area contributed by atoms with Crippen molar-refractivity contribution in [2.75, 3.05) is 42.7 Å². The van der Waals surface area contributed by atoms with E-state index in [2.05, 4.69) is 4.86 Å². The first-order chi connectivity index (χ1) is 20.0. The monoisotopic (exact) mass is 626 g/mol. The lowest BCUT2D eigenvalue weighted by Gasteiger charge is -2.20. The summed E-state index contributed by atoms with van der Waals surface area (Å²) in [5, 5.41) is 0. The van der Waals surface area contributed by atoms with E-state index in [1.54, 1.807) is 21.3 Å². The number of benzene rings is 3. The highest BCUT2D eigenvalue weighted by molar-refractivity contribution is 7.74. The van der Waals surface area contributed by atoms with Gasteiger partial charge >= 0.3 is 16.2 Å². The Morgan fingerprint density at radius 1 is 0.683 bits per heavy atom. The maximum Gasteiger partial charge on any atom is 0.605 e. The lowest BCUT2D eigenvalue weighted by atomic mass is 10.2. The van der Waals surface area contributed by atoms with E-state index >= 15 is 0 Å². The highest BCUT2D eigenvalue weighted by Gasteiger charge is 2.54. The average Bonchev–Trinajstić information content (AvgIpc) is 3.03. The van der Waals surface area contributed by atoms with Crippen LogP contribution < -0.4 is 19.1 Å². The van der Waals surface area contributed by atoms with E-state index in [1.165, 1.54) is 21.3 Å². The first-order valence-corrected chi connectivity index (χ1v) is 16.3. The standard InChI is InChI=1S/C27H37N2O9P3/c1-30-25-16-10-7-13-22(25)19-36-39(33-4)28-41(35-6,38-21-24-15-9-12-18-27(24)32-3)29-40(34-5)37-20-23-14-8-11-17-26(23)31-2/h7-18,28H,19-21H2,1-6H3/q+2. The maximum atomic E-state index is 6.36. The van der Waals surface area contributed by atoms with Gasteiger partial charge in [0.1, 0.15) is 30.5 Å². The molecule has 3 aromatic carbocycles. The van der Waals surface area contributed by atoms with E-state index in [0.29, 0.717) is 17.2 Å². The largest absolute Gasteiger partial charge is 0.605 e. The molecule has 0 saturated heterocycles. The van der Waals surface area contributed by atoms with Crippen molar-refractivity contribution in [3.63, 3.8) is 0 Å². The van der Waals surface area contributed by atoms with Crippen molar-refractivity contribution < 1.29 is 41.4 Å². The van der Waals surface area contributed by atoms with Crippen molar-refractivity contribution in [2.24, 2.45) is 4.52 Å². The molecule has 0 saturated carbocycles. The summed E-state index contributed by atoms with van der Waals surface area (Å²) in [4.78, 5) is 3.24. The Morgan fingerprint density at radius 3 is 1.63 bits per heavy atom. The molecule has 0 amide bonds. The molecule has 3 aromatic rings. The lowest BCUT2D eigenvalue weighted by Crippen LogP contribution is -2.16. The van der Waals surface area contributed by atoms with Crippen molar-refractivity contribution in [1.29, 1.82) is 0 Å². The Hall–Kier alpha value is -2.26. The van der Waals surface area contributed by atoms with Crippen molar-refractivity contribution in [3.8, 4) is 17.2 Å². The van der Waals surface area contributed by atoms with Gasteiger partial charge in [-0.3, -0.25) is 0 Å². The van der Waals surface area contributed by atoms with Crippen LogP contribution >= 0.6 is 24.7 Å². The molecule has 222 valence electrons. The molecule has 0 heterocycles. The Labute approximate surface area is 244 Å². The zero-order chi connectivity index (χ0) is 29.5. The third-order valence-corrected chi connectivity index (χ3v) is 11.1. The summed E-state index contributed by atoms with van der Waals surface area (Å²) in [5.74, 6) is 2.07. The average molecular weight is 627 g/mol. The molecule has 0 aliphatic heterocycles. The van der Waals surface area contributed by atoms with Crippen molar-refractivity contribution in [1.82, 2.24) is 4.86 Å². The number of rotatable bonds is 18. The fourth-order valence-corrected chi connectivity index (χ4v) is 8.88. The number of hydrogen-bond acceptors (Lipinski definition) is 11. The number of nitrogens with zero attached hydrogens (tertiary/aromatic N) is 1. The van der Waals surface area contributed by atoms with Gasteiger partial charge in [-0.1, -0.05) is 54.6 Å². The van der Waals surface area contributed by atoms with E-state index in [-0.39, 0.29) is 19.8 Å². The van der Waals surface area contributed by atoms with Crippen LogP contribution in [0.5, 0.6) is 17.2 Å². The van der Waals surface area contributed by atoms with Crippen LogP contribution in [0.1, 0.15) is 16.7 Å². The first kappa shape index (κ1) is 33.2. The second-order valence-corrected chi connectivity index (χ2v) is 13.4. The number of ether oxygens (including phenoxy) is 3. The molecule has 11 nitrogen and oxygen atoms in total. The van der Waals surface area contributed by atoms with Crippen molar-refractivity contribution >= 4 is 24.7 Å². The van der Waals surface area contributed by atoms with Gasteiger partial charge in [-0.25, -0.2) is 0 Å². The van der Waals surface area contributed by atoms with Crippen LogP contribution in [0.3, 0.4) is 0 Å². The minimum Gasteiger partial charge on any atom is -0.496 e. The fourth-order valence-electron chi connectivity index (χ4n) is 3.52. The molecular weight excluding hydrogens is 589 g/mol. The highest BCUT2D eigenvalue weighted by Crippen LogP contribution is 2.68. The summed E-state index contributed by atoms with van der Waals surface area (Å²) in [6.45, 7) is 0.545. The Bertz CT molecular complexity index is 1250. The molecule has 3 unspecified atom stereocenters. The second-order valence-electron chi connectivity index (χ2n) is 8.01. The van der Waals surface area contributed by atoms with Crippen LogP contribution in [0.2, 0.25) is 0 Å². The molecule has 14 heteroatoms. The van der Waals surface area contributed by atoms with Gasteiger partial charge in [0.2, 0.25) is 4.52 Å². The molecule has 0 fully saturated rings. The van der Waals surface area contributed by atoms with E-state index < -0.39 is 24.7 Å². The summed E-state index contributed by atoms with van der Waals surface area (Å²) in [7, 11) is 2.52. The molecule has 0 bridgehead atoms. The highest BCUT2D eigenvalue weighted by atomic mass is 31.3. The Balaban J connectivity index is 1.87. The molecule has 3 atom stereocenters. The Kier molecular flexibility index (Phi) is 14.3. The number of hydrogen-bond donors (Lipinski definition) is 1. The second kappa shape index (κ2) is 17.6. The lowest BCUT2D eigenvalue weighted by molar-refractivity contribution is 0.233. The molecule has 0 radical (unpaired) electrons. The van der Waals surface area contributed by atoms with E-state index in [0.717, 1.165) is 16.7 Å². The SMILES string of the molecule is COc1ccccc1COP(N[P+](N=[P+](OC)OCc1ccccc1OC)(OC)OCc1ccccc1OC)OC. The maximum absolute atomic E-state index is 6.36. The number of para-hydroxylation sites is 3. The van der Waals surface area contributed by atoms with Gasteiger partial charge in [-0.2, -0.15) is 9.05 Å². The van der Waals surface area contributed by atoms with Crippen LogP contribution in [-0.4, -0.2) is 42.7 Å². The smallest absolute Gasteiger partial charge is 0.496 e. The van der Waals surface area contributed by atoms with E-state index in [1.807, 2.05) is 72.8 Å². The topological polar surface area (TPSA) is 107 Å².